The Balaban J connectivity index is 2.36. The maximum Gasteiger partial charge on any atom is 0.222 e. The van der Waals surface area contributed by atoms with E-state index >= 15 is 0 Å². The molecule has 1 aliphatic carbocycles. The standard InChI is InChI=1S/C15H28N2O/c1-3-12-17(15(18)10-7-11-16-2)13-14-8-5-4-6-9-14/h3,14,16H,1,4-13H2,2H3. The van der Waals surface area contributed by atoms with Crippen LogP contribution in [0.3, 0.4) is 0 Å². The molecule has 1 rings (SSSR count). The Labute approximate surface area is 112 Å². The van der Waals surface area contributed by atoms with Crippen LogP contribution in [-0.2, 0) is 4.79 Å². The largest absolute Gasteiger partial charge is 0.339 e. The molecule has 0 spiro atoms. The first-order chi connectivity index (χ1) is 8.77. The highest BCUT2D eigenvalue weighted by molar-refractivity contribution is 5.76. The first kappa shape index (κ1) is 15.2. The lowest BCUT2D eigenvalue weighted by atomic mass is 9.89. The molecule has 3 heteroatoms. The zero-order valence-corrected chi connectivity index (χ0v) is 11.8. The molecule has 1 amide bonds. The lowest BCUT2D eigenvalue weighted by Crippen LogP contribution is -2.36. The van der Waals surface area contributed by atoms with E-state index in [4.69, 9.17) is 0 Å². The summed E-state index contributed by atoms with van der Waals surface area (Å²) in [4.78, 5) is 14.1. The Morgan fingerprint density at radius 1 is 1.39 bits per heavy atom. The molecule has 104 valence electrons. The summed E-state index contributed by atoms with van der Waals surface area (Å²) in [6, 6.07) is 0. The van der Waals surface area contributed by atoms with Gasteiger partial charge in [0.15, 0.2) is 0 Å². The quantitative estimate of drug-likeness (QED) is 0.532. The van der Waals surface area contributed by atoms with Crippen molar-refractivity contribution in [1.29, 1.82) is 0 Å². The van der Waals surface area contributed by atoms with Crippen LogP contribution in [0.25, 0.3) is 0 Å². The number of carbonyl (C=O) groups excluding carboxylic acids is 1. The molecule has 0 aromatic heterocycles. The predicted octanol–water partition coefficient (Wildman–Crippen LogP) is 2.58. The van der Waals surface area contributed by atoms with Gasteiger partial charge in [0.1, 0.15) is 0 Å². The van der Waals surface area contributed by atoms with Crippen LogP contribution >= 0.6 is 0 Å². The number of amides is 1. The van der Waals surface area contributed by atoms with E-state index in [0.29, 0.717) is 18.9 Å². The minimum absolute atomic E-state index is 0.288. The zero-order chi connectivity index (χ0) is 13.2. The van der Waals surface area contributed by atoms with Gasteiger partial charge in [-0.2, -0.15) is 0 Å². The van der Waals surface area contributed by atoms with Gasteiger partial charge in [0, 0.05) is 19.5 Å². The Bertz CT molecular complexity index is 247. The van der Waals surface area contributed by atoms with E-state index in [9.17, 15) is 4.79 Å². The average molecular weight is 252 g/mol. The number of hydrogen-bond donors (Lipinski definition) is 1. The van der Waals surface area contributed by atoms with E-state index in [-0.39, 0.29) is 5.91 Å². The number of rotatable bonds is 8. The molecule has 1 N–H and O–H groups in total. The number of hydrogen-bond acceptors (Lipinski definition) is 2. The zero-order valence-electron chi connectivity index (χ0n) is 11.8. The third-order valence-corrected chi connectivity index (χ3v) is 3.72. The maximum absolute atomic E-state index is 12.1. The van der Waals surface area contributed by atoms with Crippen LogP contribution in [0.2, 0.25) is 0 Å². The second-order valence-corrected chi connectivity index (χ2v) is 5.30. The van der Waals surface area contributed by atoms with Crippen LogP contribution in [0, 0.1) is 5.92 Å². The summed E-state index contributed by atoms with van der Waals surface area (Å²) < 4.78 is 0. The molecular weight excluding hydrogens is 224 g/mol. The molecule has 0 aromatic carbocycles. The molecule has 18 heavy (non-hydrogen) atoms. The van der Waals surface area contributed by atoms with Crippen molar-refractivity contribution in [3.8, 4) is 0 Å². The molecular formula is C15H28N2O. The van der Waals surface area contributed by atoms with Crippen molar-refractivity contribution in [3.05, 3.63) is 12.7 Å². The topological polar surface area (TPSA) is 32.3 Å². The molecule has 0 radical (unpaired) electrons. The van der Waals surface area contributed by atoms with Gasteiger partial charge in [-0.1, -0.05) is 25.3 Å². The third-order valence-electron chi connectivity index (χ3n) is 3.72. The van der Waals surface area contributed by atoms with Crippen LogP contribution in [0.15, 0.2) is 12.7 Å². The van der Waals surface area contributed by atoms with Crippen molar-refractivity contribution in [2.75, 3.05) is 26.7 Å². The van der Waals surface area contributed by atoms with E-state index in [0.717, 1.165) is 19.5 Å². The Morgan fingerprint density at radius 2 is 2.11 bits per heavy atom. The fourth-order valence-corrected chi connectivity index (χ4v) is 2.69. The van der Waals surface area contributed by atoms with Crippen molar-refractivity contribution in [2.24, 2.45) is 5.92 Å². The van der Waals surface area contributed by atoms with Gasteiger partial charge in [0.05, 0.1) is 0 Å². The van der Waals surface area contributed by atoms with E-state index in [1.54, 1.807) is 0 Å². The second kappa shape index (κ2) is 9.15. The van der Waals surface area contributed by atoms with Crippen LogP contribution in [0.4, 0.5) is 0 Å². The number of nitrogens with zero attached hydrogens (tertiary/aromatic N) is 1. The Morgan fingerprint density at radius 3 is 2.72 bits per heavy atom. The summed E-state index contributed by atoms with van der Waals surface area (Å²) >= 11 is 0. The van der Waals surface area contributed by atoms with Crippen molar-refractivity contribution in [3.63, 3.8) is 0 Å². The molecule has 1 saturated carbocycles. The summed E-state index contributed by atoms with van der Waals surface area (Å²) in [6.07, 6.45) is 10.0. The van der Waals surface area contributed by atoms with E-state index < -0.39 is 0 Å². The van der Waals surface area contributed by atoms with Crippen molar-refractivity contribution in [2.45, 2.75) is 44.9 Å². The van der Waals surface area contributed by atoms with E-state index in [2.05, 4.69) is 11.9 Å². The normalized spacial score (nSPS) is 16.5. The molecule has 0 aromatic rings. The van der Waals surface area contributed by atoms with Gasteiger partial charge in [0.25, 0.3) is 0 Å². The summed E-state index contributed by atoms with van der Waals surface area (Å²) in [5.41, 5.74) is 0. The van der Waals surface area contributed by atoms with Gasteiger partial charge in [-0.3, -0.25) is 4.79 Å². The van der Waals surface area contributed by atoms with E-state index in [1.165, 1.54) is 32.1 Å². The van der Waals surface area contributed by atoms with Crippen LogP contribution < -0.4 is 5.32 Å². The molecule has 0 unspecified atom stereocenters. The molecule has 3 nitrogen and oxygen atoms in total. The van der Waals surface area contributed by atoms with Crippen LogP contribution in [0.5, 0.6) is 0 Å². The van der Waals surface area contributed by atoms with Crippen molar-refractivity contribution in [1.82, 2.24) is 10.2 Å². The first-order valence-electron chi connectivity index (χ1n) is 7.31. The molecule has 0 bridgehead atoms. The van der Waals surface area contributed by atoms with E-state index in [1.807, 2.05) is 18.0 Å². The monoisotopic (exact) mass is 252 g/mol. The van der Waals surface area contributed by atoms with Crippen LogP contribution in [0.1, 0.15) is 44.9 Å². The average Bonchev–Trinajstić information content (AvgIpc) is 2.39. The number of nitrogens with one attached hydrogen (secondary N) is 1. The molecule has 1 aliphatic rings. The van der Waals surface area contributed by atoms with Crippen LogP contribution in [-0.4, -0.2) is 37.5 Å². The Kier molecular flexibility index (Phi) is 7.74. The fraction of sp³-hybridized carbons (Fsp3) is 0.800. The number of carbonyl (C=O) groups is 1. The highest BCUT2D eigenvalue weighted by Gasteiger charge is 2.19. The minimum atomic E-state index is 0.288. The smallest absolute Gasteiger partial charge is 0.222 e. The summed E-state index contributed by atoms with van der Waals surface area (Å²) in [6.45, 7) is 6.32. The van der Waals surface area contributed by atoms with Crippen molar-refractivity contribution >= 4 is 5.91 Å². The SMILES string of the molecule is C=CCN(CC1CCCCC1)C(=O)CCCNC. The predicted molar refractivity (Wildman–Crippen MR) is 76.5 cm³/mol. The summed E-state index contributed by atoms with van der Waals surface area (Å²) in [7, 11) is 1.92. The lowest BCUT2D eigenvalue weighted by Gasteiger charge is -2.29. The van der Waals surface area contributed by atoms with Gasteiger partial charge < -0.3 is 10.2 Å². The van der Waals surface area contributed by atoms with Gasteiger partial charge in [-0.05, 0) is 38.8 Å². The van der Waals surface area contributed by atoms with Gasteiger partial charge in [0.2, 0.25) is 5.91 Å². The maximum atomic E-state index is 12.1. The molecule has 0 heterocycles. The molecule has 0 atom stereocenters. The highest BCUT2D eigenvalue weighted by atomic mass is 16.2. The lowest BCUT2D eigenvalue weighted by molar-refractivity contribution is -0.131. The highest BCUT2D eigenvalue weighted by Crippen LogP contribution is 2.24. The minimum Gasteiger partial charge on any atom is -0.339 e. The van der Waals surface area contributed by atoms with Gasteiger partial charge >= 0.3 is 0 Å². The third kappa shape index (κ3) is 5.67. The molecule has 1 fully saturated rings. The Hall–Kier alpha value is -0.830. The van der Waals surface area contributed by atoms with Gasteiger partial charge in [-0.15, -0.1) is 6.58 Å². The van der Waals surface area contributed by atoms with Crippen molar-refractivity contribution < 1.29 is 4.79 Å². The fourth-order valence-electron chi connectivity index (χ4n) is 2.69. The summed E-state index contributed by atoms with van der Waals surface area (Å²) in [5.74, 6) is 1.00. The first-order valence-corrected chi connectivity index (χ1v) is 7.31. The van der Waals surface area contributed by atoms with Gasteiger partial charge in [-0.25, -0.2) is 0 Å². The summed E-state index contributed by atoms with van der Waals surface area (Å²) in [5, 5.41) is 3.08. The molecule has 0 aliphatic heterocycles. The molecule has 0 saturated heterocycles. The second-order valence-electron chi connectivity index (χ2n) is 5.30.